The van der Waals surface area contributed by atoms with Gasteiger partial charge in [0, 0.05) is 6.42 Å². The molecule has 0 bridgehead atoms. The second kappa shape index (κ2) is 11.0. The Morgan fingerprint density at radius 3 is 2.00 bits per heavy atom. The first-order valence-electron chi connectivity index (χ1n) is 10.1. The zero-order chi connectivity index (χ0) is 17.1. The predicted molar refractivity (Wildman–Crippen MR) is 94.9 cm³/mol. The molecule has 2 aliphatic rings. The number of rotatable bonds is 6. The van der Waals surface area contributed by atoms with E-state index in [1.165, 1.54) is 90.6 Å². The molecule has 140 valence electrons. The monoisotopic (exact) mass is 340 g/mol. The van der Waals surface area contributed by atoms with E-state index in [0.717, 1.165) is 18.8 Å². The number of methoxy groups -OCH3 is 1. The van der Waals surface area contributed by atoms with Crippen LogP contribution in [0.5, 0.6) is 0 Å². The maximum atomic E-state index is 11.2. The summed E-state index contributed by atoms with van der Waals surface area (Å²) in [6.45, 7) is 0.519. The Bertz CT molecular complexity index is 340. The van der Waals surface area contributed by atoms with E-state index in [9.17, 15) is 4.79 Å². The molecule has 24 heavy (non-hydrogen) atoms. The molecule has 0 aromatic heterocycles. The minimum atomic E-state index is -0.667. The normalized spacial score (nSPS) is 26.9. The van der Waals surface area contributed by atoms with Gasteiger partial charge < -0.3 is 14.2 Å². The summed E-state index contributed by atoms with van der Waals surface area (Å²) in [4.78, 5) is 11.2. The summed E-state index contributed by atoms with van der Waals surface area (Å²) in [7, 11) is 1.34. The van der Waals surface area contributed by atoms with E-state index < -0.39 is 11.9 Å². The lowest BCUT2D eigenvalue weighted by atomic mass is 9.89. The van der Waals surface area contributed by atoms with Crippen LogP contribution in [0.4, 0.5) is 4.79 Å². The molecular formula is C20H36O4. The molecule has 1 unspecified atom stereocenters. The van der Waals surface area contributed by atoms with Crippen molar-refractivity contribution in [2.24, 2.45) is 5.92 Å². The molecule has 1 atom stereocenters. The number of ether oxygens (including phenoxy) is 3. The molecule has 1 saturated heterocycles. The standard InChI is InChI=1S/C20H36O4/c1-22-19(21)24-20(17-23-20)16-12-11-15-18-13-9-7-5-3-2-4-6-8-10-14-18/h18H,2-17H2,1H3. The van der Waals surface area contributed by atoms with Crippen LogP contribution in [-0.4, -0.2) is 25.7 Å². The maximum absolute atomic E-state index is 11.2. The molecule has 1 aliphatic heterocycles. The van der Waals surface area contributed by atoms with E-state index in [0.29, 0.717) is 6.61 Å². The second-order valence-corrected chi connectivity index (χ2v) is 7.63. The first-order chi connectivity index (χ1) is 11.7. The lowest BCUT2D eigenvalue weighted by Crippen LogP contribution is -2.21. The van der Waals surface area contributed by atoms with E-state index >= 15 is 0 Å². The summed E-state index contributed by atoms with van der Waals surface area (Å²) in [6, 6.07) is 0. The third-order valence-electron chi connectivity index (χ3n) is 5.55. The van der Waals surface area contributed by atoms with Gasteiger partial charge in [0.1, 0.15) is 6.61 Å². The minimum Gasteiger partial charge on any atom is -0.438 e. The molecule has 0 aromatic rings. The molecular weight excluding hydrogens is 304 g/mol. The number of hydrogen-bond donors (Lipinski definition) is 0. The number of carbonyl (C=O) groups is 1. The highest BCUT2D eigenvalue weighted by Crippen LogP contribution is 2.35. The van der Waals surface area contributed by atoms with E-state index in [1.807, 2.05) is 0 Å². The predicted octanol–water partition coefficient (Wildman–Crippen LogP) is 5.98. The van der Waals surface area contributed by atoms with Crippen molar-refractivity contribution in [1.29, 1.82) is 0 Å². The molecule has 4 nitrogen and oxygen atoms in total. The smallest absolute Gasteiger partial charge is 0.438 e. The summed E-state index contributed by atoms with van der Waals surface area (Å²) < 4.78 is 15.1. The quantitative estimate of drug-likeness (QED) is 0.339. The van der Waals surface area contributed by atoms with E-state index in [2.05, 4.69) is 4.74 Å². The van der Waals surface area contributed by atoms with Crippen LogP contribution < -0.4 is 0 Å². The highest BCUT2D eigenvalue weighted by atomic mass is 16.8. The first kappa shape index (κ1) is 19.6. The number of hydrogen-bond acceptors (Lipinski definition) is 4. The van der Waals surface area contributed by atoms with Crippen LogP contribution in [-0.2, 0) is 14.2 Å². The molecule has 0 radical (unpaired) electrons. The van der Waals surface area contributed by atoms with E-state index in [4.69, 9.17) is 9.47 Å². The van der Waals surface area contributed by atoms with Crippen molar-refractivity contribution in [3.8, 4) is 0 Å². The van der Waals surface area contributed by atoms with Crippen molar-refractivity contribution in [2.45, 2.75) is 102 Å². The third kappa shape index (κ3) is 7.87. The van der Waals surface area contributed by atoms with Gasteiger partial charge >= 0.3 is 6.16 Å². The topological polar surface area (TPSA) is 48.1 Å². The Labute approximate surface area is 147 Å². The summed E-state index contributed by atoms with van der Waals surface area (Å²) in [6.07, 6.45) is 19.4. The molecule has 0 N–H and O–H groups in total. The highest BCUT2D eigenvalue weighted by Gasteiger charge is 2.49. The average Bonchev–Trinajstić information content (AvgIpc) is 3.33. The summed E-state index contributed by atoms with van der Waals surface area (Å²) in [5.74, 6) is 0.224. The van der Waals surface area contributed by atoms with Crippen molar-refractivity contribution in [2.75, 3.05) is 13.7 Å². The van der Waals surface area contributed by atoms with Crippen molar-refractivity contribution in [3.05, 3.63) is 0 Å². The highest BCUT2D eigenvalue weighted by molar-refractivity contribution is 5.60. The Hall–Kier alpha value is -0.770. The summed E-state index contributed by atoms with van der Waals surface area (Å²) >= 11 is 0. The Kier molecular flexibility index (Phi) is 8.93. The third-order valence-corrected chi connectivity index (χ3v) is 5.55. The molecule has 1 heterocycles. The maximum Gasteiger partial charge on any atom is 0.510 e. The molecule has 0 aromatic carbocycles. The lowest BCUT2D eigenvalue weighted by Gasteiger charge is -2.18. The summed E-state index contributed by atoms with van der Waals surface area (Å²) in [5.41, 5.74) is 0. The number of unbranched alkanes of at least 4 members (excludes halogenated alkanes) is 1. The van der Waals surface area contributed by atoms with Gasteiger partial charge in [0.25, 0.3) is 0 Å². The molecule has 0 spiro atoms. The molecule has 2 fully saturated rings. The SMILES string of the molecule is COC(=O)OC1(CCCCC2CCCCCCCCCCC2)CO1. The molecule has 4 heteroatoms. The van der Waals surface area contributed by atoms with Crippen molar-refractivity contribution >= 4 is 6.16 Å². The van der Waals surface area contributed by atoms with Gasteiger partial charge in [-0.2, -0.15) is 0 Å². The first-order valence-corrected chi connectivity index (χ1v) is 10.1. The van der Waals surface area contributed by atoms with Gasteiger partial charge in [-0.3, -0.25) is 0 Å². The van der Waals surface area contributed by atoms with Gasteiger partial charge in [-0.25, -0.2) is 4.79 Å². The second-order valence-electron chi connectivity index (χ2n) is 7.63. The minimum absolute atomic E-state index is 0.519. The van der Waals surface area contributed by atoms with Crippen LogP contribution in [0.15, 0.2) is 0 Å². The fourth-order valence-corrected chi connectivity index (χ4v) is 3.89. The molecule has 0 amide bonds. The Balaban J connectivity index is 1.61. The van der Waals surface area contributed by atoms with Crippen molar-refractivity contribution < 1.29 is 19.0 Å². The van der Waals surface area contributed by atoms with Gasteiger partial charge in [0.2, 0.25) is 5.79 Å². The van der Waals surface area contributed by atoms with Crippen LogP contribution in [0.2, 0.25) is 0 Å². The van der Waals surface area contributed by atoms with Gasteiger partial charge in [0.15, 0.2) is 0 Å². The Morgan fingerprint density at radius 2 is 1.50 bits per heavy atom. The summed E-state index contributed by atoms with van der Waals surface area (Å²) in [5, 5.41) is 0. The zero-order valence-electron chi connectivity index (χ0n) is 15.5. The zero-order valence-corrected chi connectivity index (χ0v) is 15.5. The van der Waals surface area contributed by atoms with Crippen molar-refractivity contribution in [3.63, 3.8) is 0 Å². The number of carbonyl (C=O) groups excluding carboxylic acids is 1. The van der Waals surface area contributed by atoms with Crippen LogP contribution in [0, 0.1) is 5.92 Å². The van der Waals surface area contributed by atoms with Crippen LogP contribution >= 0.6 is 0 Å². The van der Waals surface area contributed by atoms with E-state index in [1.54, 1.807) is 0 Å². The van der Waals surface area contributed by atoms with Gasteiger partial charge in [-0.05, 0) is 12.3 Å². The van der Waals surface area contributed by atoms with Gasteiger partial charge in [0.05, 0.1) is 7.11 Å². The largest absolute Gasteiger partial charge is 0.510 e. The molecule has 1 saturated carbocycles. The fourth-order valence-electron chi connectivity index (χ4n) is 3.89. The molecule has 2 rings (SSSR count). The average molecular weight is 341 g/mol. The van der Waals surface area contributed by atoms with E-state index in [-0.39, 0.29) is 0 Å². The van der Waals surface area contributed by atoms with Crippen LogP contribution in [0.25, 0.3) is 0 Å². The van der Waals surface area contributed by atoms with Crippen molar-refractivity contribution in [1.82, 2.24) is 0 Å². The lowest BCUT2D eigenvalue weighted by molar-refractivity contribution is -0.0325. The van der Waals surface area contributed by atoms with Crippen LogP contribution in [0.3, 0.4) is 0 Å². The van der Waals surface area contributed by atoms with Gasteiger partial charge in [-0.15, -0.1) is 0 Å². The molecule has 1 aliphatic carbocycles. The fraction of sp³-hybridized carbons (Fsp3) is 0.950. The van der Waals surface area contributed by atoms with Gasteiger partial charge in [-0.1, -0.05) is 83.5 Å². The van der Waals surface area contributed by atoms with Crippen LogP contribution in [0.1, 0.15) is 96.3 Å². The Morgan fingerprint density at radius 1 is 0.958 bits per heavy atom. The number of epoxide rings is 1.